The van der Waals surface area contributed by atoms with E-state index in [2.05, 4.69) is 13.8 Å². The van der Waals surface area contributed by atoms with Crippen molar-refractivity contribution >= 4 is 0 Å². The van der Waals surface area contributed by atoms with Crippen molar-refractivity contribution < 1.29 is 9.47 Å². The van der Waals surface area contributed by atoms with Gasteiger partial charge in [-0.05, 0) is 38.7 Å². The zero-order valence-corrected chi connectivity index (χ0v) is 8.45. The SMILES string of the molecule is CC(C)=COCC1CC2CCC1O2. The van der Waals surface area contributed by atoms with Crippen molar-refractivity contribution in [1.29, 1.82) is 0 Å². The Hall–Kier alpha value is -0.500. The molecule has 2 aliphatic heterocycles. The molecule has 2 heterocycles. The highest BCUT2D eigenvalue weighted by Gasteiger charge is 2.40. The fourth-order valence-electron chi connectivity index (χ4n) is 2.26. The van der Waals surface area contributed by atoms with Gasteiger partial charge in [-0.2, -0.15) is 0 Å². The Morgan fingerprint density at radius 3 is 2.85 bits per heavy atom. The van der Waals surface area contributed by atoms with Crippen LogP contribution in [0, 0.1) is 5.92 Å². The summed E-state index contributed by atoms with van der Waals surface area (Å²) in [5, 5.41) is 0. The van der Waals surface area contributed by atoms with Crippen molar-refractivity contribution in [2.24, 2.45) is 5.92 Å². The molecular formula is C11H18O2. The minimum atomic E-state index is 0.496. The second-order valence-corrected chi connectivity index (χ2v) is 4.40. The first-order valence-corrected chi connectivity index (χ1v) is 5.16. The lowest BCUT2D eigenvalue weighted by atomic mass is 9.90. The van der Waals surface area contributed by atoms with Crippen LogP contribution < -0.4 is 0 Å². The van der Waals surface area contributed by atoms with Gasteiger partial charge in [0, 0.05) is 5.92 Å². The van der Waals surface area contributed by atoms with Crippen LogP contribution in [0.1, 0.15) is 33.1 Å². The molecule has 2 bridgehead atoms. The summed E-state index contributed by atoms with van der Waals surface area (Å²) in [7, 11) is 0. The Labute approximate surface area is 79.9 Å². The van der Waals surface area contributed by atoms with Crippen LogP contribution in [0.25, 0.3) is 0 Å². The van der Waals surface area contributed by atoms with Gasteiger partial charge in [-0.3, -0.25) is 0 Å². The molecule has 3 atom stereocenters. The maximum absolute atomic E-state index is 5.74. The fraction of sp³-hybridized carbons (Fsp3) is 0.818. The van der Waals surface area contributed by atoms with Gasteiger partial charge in [-0.15, -0.1) is 0 Å². The van der Waals surface area contributed by atoms with Crippen LogP contribution in [0.5, 0.6) is 0 Å². The van der Waals surface area contributed by atoms with Crippen LogP contribution in [0.15, 0.2) is 11.8 Å². The molecule has 0 amide bonds. The Kier molecular flexibility index (Phi) is 2.58. The summed E-state index contributed by atoms with van der Waals surface area (Å²) in [6.45, 7) is 4.95. The van der Waals surface area contributed by atoms with Crippen LogP contribution in [0.3, 0.4) is 0 Å². The average Bonchev–Trinajstić information content (AvgIpc) is 2.64. The van der Waals surface area contributed by atoms with Crippen molar-refractivity contribution in [2.75, 3.05) is 6.61 Å². The molecule has 0 aromatic carbocycles. The van der Waals surface area contributed by atoms with Crippen LogP contribution in [-0.2, 0) is 9.47 Å². The van der Waals surface area contributed by atoms with Gasteiger partial charge in [0.1, 0.15) is 0 Å². The molecule has 13 heavy (non-hydrogen) atoms. The molecule has 2 rings (SSSR count). The van der Waals surface area contributed by atoms with Crippen LogP contribution in [0.4, 0.5) is 0 Å². The molecule has 3 unspecified atom stereocenters. The van der Waals surface area contributed by atoms with E-state index in [0.29, 0.717) is 18.1 Å². The zero-order chi connectivity index (χ0) is 9.26. The van der Waals surface area contributed by atoms with E-state index >= 15 is 0 Å². The molecule has 2 aliphatic rings. The summed E-state index contributed by atoms with van der Waals surface area (Å²) in [5.74, 6) is 0.648. The van der Waals surface area contributed by atoms with Gasteiger partial charge >= 0.3 is 0 Å². The van der Waals surface area contributed by atoms with E-state index in [9.17, 15) is 0 Å². The molecule has 0 N–H and O–H groups in total. The maximum atomic E-state index is 5.74. The Morgan fingerprint density at radius 1 is 1.46 bits per heavy atom. The third-order valence-electron chi connectivity index (χ3n) is 2.86. The molecule has 2 fully saturated rings. The van der Waals surface area contributed by atoms with E-state index in [-0.39, 0.29) is 0 Å². The smallest absolute Gasteiger partial charge is 0.0927 e. The molecule has 74 valence electrons. The summed E-state index contributed by atoms with van der Waals surface area (Å²) in [5.41, 5.74) is 1.23. The lowest BCUT2D eigenvalue weighted by Crippen LogP contribution is -2.20. The topological polar surface area (TPSA) is 18.5 Å². The number of ether oxygens (including phenoxy) is 2. The molecule has 0 aromatic rings. The lowest BCUT2D eigenvalue weighted by molar-refractivity contribution is 0.0759. The summed E-state index contributed by atoms with van der Waals surface area (Å²) in [6.07, 6.45) is 6.62. The van der Waals surface area contributed by atoms with E-state index in [0.717, 1.165) is 6.61 Å². The van der Waals surface area contributed by atoms with Gasteiger partial charge < -0.3 is 9.47 Å². The second-order valence-electron chi connectivity index (χ2n) is 4.40. The van der Waals surface area contributed by atoms with Gasteiger partial charge in [0.2, 0.25) is 0 Å². The summed E-state index contributed by atoms with van der Waals surface area (Å²) < 4.78 is 11.2. The summed E-state index contributed by atoms with van der Waals surface area (Å²) >= 11 is 0. The number of hydrogen-bond acceptors (Lipinski definition) is 2. The highest BCUT2D eigenvalue weighted by Crippen LogP contribution is 2.38. The second kappa shape index (κ2) is 3.70. The number of fused-ring (bicyclic) bond motifs is 2. The van der Waals surface area contributed by atoms with Crippen LogP contribution in [-0.4, -0.2) is 18.8 Å². The molecule has 0 aliphatic carbocycles. The number of rotatable bonds is 3. The normalized spacial score (nSPS) is 36.3. The lowest BCUT2D eigenvalue weighted by Gasteiger charge is -2.17. The van der Waals surface area contributed by atoms with Crippen molar-refractivity contribution in [3.63, 3.8) is 0 Å². The van der Waals surface area contributed by atoms with Crippen molar-refractivity contribution in [3.05, 3.63) is 11.8 Å². The molecule has 0 spiro atoms. The largest absolute Gasteiger partial charge is 0.501 e. The fourth-order valence-corrected chi connectivity index (χ4v) is 2.26. The predicted octanol–water partition coefficient (Wildman–Crippen LogP) is 2.49. The van der Waals surface area contributed by atoms with Crippen molar-refractivity contribution in [2.45, 2.75) is 45.3 Å². The van der Waals surface area contributed by atoms with E-state index in [1.807, 2.05) is 6.26 Å². The molecule has 2 saturated heterocycles. The monoisotopic (exact) mass is 182 g/mol. The van der Waals surface area contributed by atoms with Crippen molar-refractivity contribution in [3.8, 4) is 0 Å². The standard InChI is InChI=1S/C11H18O2/c1-8(2)6-12-7-9-5-10-3-4-11(9)13-10/h6,9-11H,3-5,7H2,1-2H3. The first-order chi connectivity index (χ1) is 6.25. The molecule has 2 nitrogen and oxygen atoms in total. The summed E-state index contributed by atoms with van der Waals surface area (Å²) in [4.78, 5) is 0. The van der Waals surface area contributed by atoms with Gasteiger partial charge in [0.15, 0.2) is 0 Å². The first-order valence-electron chi connectivity index (χ1n) is 5.16. The highest BCUT2D eigenvalue weighted by atomic mass is 16.5. The molecular weight excluding hydrogens is 164 g/mol. The minimum absolute atomic E-state index is 0.496. The third-order valence-corrected chi connectivity index (χ3v) is 2.86. The van der Waals surface area contributed by atoms with Crippen LogP contribution in [0.2, 0.25) is 0 Å². The van der Waals surface area contributed by atoms with Gasteiger partial charge in [-0.1, -0.05) is 0 Å². The minimum Gasteiger partial charge on any atom is -0.501 e. The van der Waals surface area contributed by atoms with Gasteiger partial charge in [-0.25, -0.2) is 0 Å². The molecule has 0 aromatic heterocycles. The number of hydrogen-bond donors (Lipinski definition) is 0. The Balaban J connectivity index is 1.74. The average molecular weight is 182 g/mol. The highest BCUT2D eigenvalue weighted by molar-refractivity contribution is 4.91. The Morgan fingerprint density at radius 2 is 2.31 bits per heavy atom. The third kappa shape index (κ3) is 2.05. The van der Waals surface area contributed by atoms with Crippen molar-refractivity contribution in [1.82, 2.24) is 0 Å². The van der Waals surface area contributed by atoms with Crippen LogP contribution >= 0.6 is 0 Å². The maximum Gasteiger partial charge on any atom is 0.0927 e. The van der Waals surface area contributed by atoms with Gasteiger partial charge in [0.25, 0.3) is 0 Å². The first kappa shape index (κ1) is 9.07. The van der Waals surface area contributed by atoms with Gasteiger partial charge in [0.05, 0.1) is 25.1 Å². The molecule has 0 saturated carbocycles. The number of allylic oxidation sites excluding steroid dienone is 1. The zero-order valence-electron chi connectivity index (χ0n) is 8.45. The summed E-state index contributed by atoms with van der Waals surface area (Å²) in [6, 6.07) is 0. The molecule has 0 radical (unpaired) electrons. The van der Waals surface area contributed by atoms with E-state index < -0.39 is 0 Å². The van der Waals surface area contributed by atoms with E-state index in [4.69, 9.17) is 9.47 Å². The quantitative estimate of drug-likeness (QED) is 0.624. The predicted molar refractivity (Wildman–Crippen MR) is 51.4 cm³/mol. The van der Waals surface area contributed by atoms with E-state index in [1.165, 1.54) is 24.8 Å². The molecule has 2 heteroatoms. The van der Waals surface area contributed by atoms with E-state index in [1.54, 1.807) is 0 Å². The Bertz CT molecular complexity index is 206.